The van der Waals surface area contributed by atoms with E-state index in [1.165, 1.54) is 25.8 Å². The van der Waals surface area contributed by atoms with Crippen LogP contribution in [0.3, 0.4) is 0 Å². The van der Waals surface area contributed by atoms with Crippen LogP contribution in [0, 0.1) is 0 Å². The highest BCUT2D eigenvalue weighted by Gasteiger charge is 2.20. The fourth-order valence-electron chi connectivity index (χ4n) is 2.52. The zero-order valence-electron chi connectivity index (χ0n) is 13.0. The fourth-order valence-corrected chi connectivity index (χ4v) is 2.52. The molecule has 0 heterocycles. The van der Waals surface area contributed by atoms with Gasteiger partial charge in [0.15, 0.2) is 11.5 Å². The Morgan fingerprint density at radius 3 is 2.45 bits per heavy atom. The van der Waals surface area contributed by atoms with Gasteiger partial charge >= 0.3 is 5.97 Å². The summed E-state index contributed by atoms with van der Waals surface area (Å²) in [7, 11) is 2.79. The molecule has 0 aliphatic rings. The maximum Gasteiger partial charge on any atom is 0.338 e. The van der Waals surface area contributed by atoms with Gasteiger partial charge in [0.25, 0.3) is 0 Å². The maximum absolute atomic E-state index is 12.0. The predicted molar refractivity (Wildman–Crippen MR) is 84.6 cm³/mol. The first kappa shape index (κ1) is 15.9. The molecule has 2 aromatic rings. The molecule has 4 heteroatoms. The molecule has 1 unspecified atom stereocenters. The van der Waals surface area contributed by atoms with Gasteiger partial charge in [0, 0.05) is 0 Å². The number of esters is 1. The van der Waals surface area contributed by atoms with Crippen molar-refractivity contribution in [1.29, 1.82) is 0 Å². The smallest absolute Gasteiger partial charge is 0.338 e. The number of hydrogen-bond acceptors (Lipinski definition) is 4. The normalized spacial score (nSPS) is 11.8. The summed E-state index contributed by atoms with van der Waals surface area (Å²) in [6.45, 7) is 2.01. The Morgan fingerprint density at radius 1 is 1.18 bits per heavy atom. The zero-order valence-corrected chi connectivity index (χ0v) is 13.0. The molecule has 1 N–H and O–H groups in total. The molecule has 0 aliphatic carbocycles. The van der Waals surface area contributed by atoms with Gasteiger partial charge in [-0.2, -0.15) is 0 Å². The molecule has 0 radical (unpaired) electrons. The van der Waals surface area contributed by atoms with E-state index >= 15 is 0 Å². The second-order valence-electron chi connectivity index (χ2n) is 5.19. The highest BCUT2D eigenvalue weighted by molar-refractivity contribution is 5.92. The van der Waals surface area contributed by atoms with Crippen molar-refractivity contribution in [3.63, 3.8) is 0 Å². The Bertz CT molecular complexity index is 650. The van der Waals surface area contributed by atoms with E-state index in [9.17, 15) is 9.90 Å². The van der Waals surface area contributed by atoms with Gasteiger partial charge in [-0.05, 0) is 35.6 Å². The van der Waals surface area contributed by atoms with Gasteiger partial charge in [0.2, 0.25) is 0 Å². The second kappa shape index (κ2) is 6.98. The first-order valence-electron chi connectivity index (χ1n) is 7.10. The van der Waals surface area contributed by atoms with Crippen LogP contribution >= 0.6 is 0 Å². The zero-order chi connectivity index (χ0) is 16.1. The Labute approximate surface area is 130 Å². The molecule has 22 heavy (non-hydrogen) atoms. The number of carbonyl (C=O) groups excluding carboxylic acids is 1. The van der Waals surface area contributed by atoms with Crippen LogP contribution < -0.4 is 4.74 Å². The molecule has 0 aromatic heterocycles. The molecule has 0 amide bonds. The molecule has 0 bridgehead atoms. The SMILES string of the molecule is COC(=O)c1cc(OC)c(O)cc1C(C)Cc1ccccc1. The molecule has 0 spiro atoms. The fraction of sp³-hybridized carbons (Fsp3) is 0.278. The van der Waals surface area contributed by atoms with Crippen molar-refractivity contribution < 1.29 is 19.4 Å². The van der Waals surface area contributed by atoms with E-state index in [2.05, 4.69) is 0 Å². The van der Waals surface area contributed by atoms with Gasteiger partial charge in [-0.15, -0.1) is 0 Å². The lowest BCUT2D eigenvalue weighted by Gasteiger charge is -2.17. The van der Waals surface area contributed by atoms with E-state index in [1.54, 1.807) is 6.07 Å². The first-order chi connectivity index (χ1) is 10.6. The molecule has 4 nitrogen and oxygen atoms in total. The predicted octanol–water partition coefficient (Wildman–Crippen LogP) is 3.53. The number of phenols is 1. The van der Waals surface area contributed by atoms with E-state index in [-0.39, 0.29) is 17.4 Å². The van der Waals surface area contributed by atoms with Gasteiger partial charge in [-0.25, -0.2) is 4.79 Å². The number of rotatable bonds is 5. The summed E-state index contributed by atoms with van der Waals surface area (Å²) < 4.78 is 9.92. The average molecular weight is 300 g/mol. The van der Waals surface area contributed by atoms with Crippen molar-refractivity contribution in [3.05, 3.63) is 59.2 Å². The van der Waals surface area contributed by atoms with Crippen molar-refractivity contribution in [3.8, 4) is 11.5 Å². The summed E-state index contributed by atoms with van der Waals surface area (Å²) in [5.41, 5.74) is 2.33. The van der Waals surface area contributed by atoms with Crippen LogP contribution in [-0.2, 0) is 11.2 Å². The number of ether oxygens (including phenoxy) is 2. The van der Waals surface area contributed by atoms with Crippen molar-refractivity contribution in [2.24, 2.45) is 0 Å². The minimum Gasteiger partial charge on any atom is -0.504 e. The number of methoxy groups -OCH3 is 2. The standard InChI is InChI=1S/C18H20O4/c1-12(9-13-7-5-4-6-8-13)14-10-16(19)17(21-2)11-15(14)18(20)22-3/h4-8,10-12,19H,9H2,1-3H3. The third-order valence-corrected chi connectivity index (χ3v) is 3.67. The number of aromatic hydroxyl groups is 1. The molecule has 2 rings (SSSR count). The Morgan fingerprint density at radius 2 is 1.86 bits per heavy atom. The number of benzene rings is 2. The molecule has 0 fully saturated rings. The van der Waals surface area contributed by atoms with Gasteiger partial charge in [-0.3, -0.25) is 0 Å². The molecular formula is C18H20O4. The second-order valence-corrected chi connectivity index (χ2v) is 5.19. The van der Waals surface area contributed by atoms with E-state index < -0.39 is 5.97 Å². The quantitative estimate of drug-likeness (QED) is 0.858. The summed E-state index contributed by atoms with van der Waals surface area (Å²) in [5.74, 6) is -0.109. The number of phenolic OH excluding ortho intramolecular Hbond substituents is 1. The molecule has 116 valence electrons. The highest BCUT2D eigenvalue weighted by atomic mass is 16.5. The topological polar surface area (TPSA) is 55.8 Å². The summed E-state index contributed by atoms with van der Waals surface area (Å²) in [6.07, 6.45) is 0.761. The van der Waals surface area contributed by atoms with Gasteiger partial charge in [0.1, 0.15) is 0 Å². The van der Waals surface area contributed by atoms with Crippen LogP contribution in [0.25, 0.3) is 0 Å². The van der Waals surface area contributed by atoms with Crippen LogP contribution in [0.15, 0.2) is 42.5 Å². The summed E-state index contributed by atoms with van der Waals surface area (Å²) in [5, 5.41) is 10.0. The lowest BCUT2D eigenvalue weighted by molar-refractivity contribution is 0.0598. The molecule has 0 saturated carbocycles. The molecule has 0 saturated heterocycles. The molecule has 1 atom stereocenters. The third kappa shape index (κ3) is 3.39. The van der Waals surface area contributed by atoms with Crippen LogP contribution in [0.1, 0.15) is 34.3 Å². The van der Waals surface area contributed by atoms with E-state index in [4.69, 9.17) is 9.47 Å². The number of hydrogen-bond donors (Lipinski definition) is 1. The molecule has 0 aliphatic heterocycles. The monoisotopic (exact) mass is 300 g/mol. The van der Waals surface area contributed by atoms with Gasteiger partial charge in [-0.1, -0.05) is 37.3 Å². The molecule has 2 aromatic carbocycles. The summed E-state index contributed by atoms with van der Waals surface area (Å²) in [4.78, 5) is 12.0. The minimum absolute atomic E-state index is 0.0186. The third-order valence-electron chi connectivity index (χ3n) is 3.67. The lowest BCUT2D eigenvalue weighted by Crippen LogP contribution is -2.10. The Balaban J connectivity index is 2.39. The van der Waals surface area contributed by atoms with Crippen molar-refractivity contribution in [2.45, 2.75) is 19.3 Å². The van der Waals surface area contributed by atoms with Crippen molar-refractivity contribution >= 4 is 5.97 Å². The summed E-state index contributed by atoms with van der Waals surface area (Å²) >= 11 is 0. The summed E-state index contributed by atoms with van der Waals surface area (Å²) in [6, 6.07) is 13.1. The van der Waals surface area contributed by atoms with Crippen LogP contribution in [-0.4, -0.2) is 25.3 Å². The van der Waals surface area contributed by atoms with Gasteiger partial charge in [0.05, 0.1) is 19.8 Å². The van der Waals surface area contributed by atoms with Crippen LogP contribution in [0.2, 0.25) is 0 Å². The highest BCUT2D eigenvalue weighted by Crippen LogP contribution is 2.34. The van der Waals surface area contributed by atoms with Crippen LogP contribution in [0.4, 0.5) is 0 Å². The van der Waals surface area contributed by atoms with E-state index in [0.717, 1.165) is 12.0 Å². The number of carbonyl (C=O) groups is 1. The van der Waals surface area contributed by atoms with Crippen molar-refractivity contribution in [2.75, 3.05) is 14.2 Å². The average Bonchev–Trinajstić information content (AvgIpc) is 2.54. The lowest BCUT2D eigenvalue weighted by atomic mass is 9.90. The molecular weight excluding hydrogens is 280 g/mol. The van der Waals surface area contributed by atoms with E-state index in [0.29, 0.717) is 5.56 Å². The Hall–Kier alpha value is -2.49. The largest absolute Gasteiger partial charge is 0.504 e. The van der Waals surface area contributed by atoms with Crippen LogP contribution in [0.5, 0.6) is 11.5 Å². The first-order valence-corrected chi connectivity index (χ1v) is 7.10. The maximum atomic E-state index is 12.0. The van der Waals surface area contributed by atoms with Gasteiger partial charge < -0.3 is 14.6 Å². The van der Waals surface area contributed by atoms with Crippen molar-refractivity contribution in [1.82, 2.24) is 0 Å². The minimum atomic E-state index is -0.437. The van der Waals surface area contributed by atoms with E-state index in [1.807, 2.05) is 37.3 Å². The Kier molecular flexibility index (Phi) is 5.04.